The van der Waals surface area contributed by atoms with Gasteiger partial charge in [0.05, 0.1) is 5.56 Å². The van der Waals surface area contributed by atoms with Gasteiger partial charge in [-0.2, -0.15) is 0 Å². The van der Waals surface area contributed by atoms with Gasteiger partial charge in [0.15, 0.2) is 17.5 Å². The molecular weight excluding hydrogens is 687 g/mol. The molecule has 0 aliphatic carbocycles. The molecule has 0 fully saturated rings. The monoisotopic (exact) mass is 717 g/mol. The standard InChI is InChI=1S/C51H31N3O2/c1-3-13-32(14-4-1)34-17-9-18-35(29-34)36-27-28-45-43(31-36)47-39(22-12-26-46(47)55-45)37-19-10-20-38(30-37)50-52-49(33-15-5-2-6-16-33)53-51(54-50)42-24-11-23-41-40-21-7-8-25-44(40)56-48(41)42/h1-31H. The molecule has 0 atom stereocenters. The summed E-state index contributed by atoms with van der Waals surface area (Å²) in [5.41, 5.74) is 12.6. The lowest BCUT2D eigenvalue weighted by atomic mass is 9.95. The van der Waals surface area contributed by atoms with E-state index in [1.165, 1.54) is 11.1 Å². The van der Waals surface area contributed by atoms with Crippen molar-refractivity contribution in [3.8, 4) is 67.5 Å². The van der Waals surface area contributed by atoms with Crippen LogP contribution in [-0.4, -0.2) is 15.0 Å². The lowest BCUT2D eigenvalue weighted by Gasteiger charge is -2.10. The molecule has 56 heavy (non-hydrogen) atoms. The van der Waals surface area contributed by atoms with Gasteiger partial charge in [-0.1, -0.05) is 146 Å². The van der Waals surface area contributed by atoms with E-state index < -0.39 is 0 Å². The molecule has 0 amide bonds. The van der Waals surface area contributed by atoms with Gasteiger partial charge >= 0.3 is 0 Å². The minimum absolute atomic E-state index is 0.552. The van der Waals surface area contributed by atoms with Gasteiger partial charge in [0.2, 0.25) is 0 Å². The number of hydrogen-bond acceptors (Lipinski definition) is 5. The van der Waals surface area contributed by atoms with Gasteiger partial charge in [-0.25, -0.2) is 15.0 Å². The van der Waals surface area contributed by atoms with Crippen LogP contribution in [-0.2, 0) is 0 Å². The van der Waals surface area contributed by atoms with Crippen molar-refractivity contribution in [3.63, 3.8) is 0 Å². The van der Waals surface area contributed by atoms with Gasteiger partial charge in [0.1, 0.15) is 22.3 Å². The van der Waals surface area contributed by atoms with Crippen LogP contribution in [0.15, 0.2) is 197 Å². The zero-order valence-electron chi connectivity index (χ0n) is 30.1. The van der Waals surface area contributed by atoms with Gasteiger partial charge in [0.25, 0.3) is 0 Å². The molecule has 0 aliphatic rings. The van der Waals surface area contributed by atoms with Crippen LogP contribution in [0.2, 0.25) is 0 Å². The molecule has 0 saturated heterocycles. The summed E-state index contributed by atoms with van der Waals surface area (Å²) in [6.07, 6.45) is 0. The van der Waals surface area contributed by atoms with Gasteiger partial charge in [-0.3, -0.25) is 0 Å². The fourth-order valence-electron chi connectivity index (χ4n) is 7.85. The largest absolute Gasteiger partial charge is 0.456 e. The summed E-state index contributed by atoms with van der Waals surface area (Å²) < 4.78 is 12.9. The molecule has 0 aliphatic heterocycles. The first-order chi connectivity index (χ1) is 27.7. The van der Waals surface area contributed by atoms with Crippen molar-refractivity contribution < 1.29 is 8.83 Å². The minimum atomic E-state index is 0.552. The van der Waals surface area contributed by atoms with E-state index in [0.717, 1.165) is 82.8 Å². The Morgan fingerprint density at radius 2 is 0.821 bits per heavy atom. The first-order valence-electron chi connectivity index (χ1n) is 18.7. The third-order valence-electron chi connectivity index (χ3n) is 10.5. The van der Waals surface area contributed by atoms with Crippen molar-refractivity contribution in [3.05, 3.63) is 188 Å². The zero-order chi connectivity index (χ0) is 37.0. The number of aromatic nitrogens is 3. The Labute approximate surface area is 322 Å². The highest BCUT2D eigenvalue weighted by molar-refractivity contribution is 6.13. The molecule has 11 rings (SSSR count). The smallest absolute Gasteiger partial charge is 0.167 e. The molecule has 0 radical (unpaired) electrons. The Bertz CT molecular complexity index is 3250. The molecule has 11 aromatic rings. The Morgan fingerprint density at radius 1 is 0.286 bits per heavy atom. The molecule has 0 unspecified atom stereocenters. The average molecular weight is 718 g/mol. The van der Waals surface area contributed by atoms with E-state index in [9.17, 15) is 0 Å². The maximum absolute atomic E-state index is 6.46. The van der Waals surface area contributed by atoms with Crippen molar-refractivity contribution in [2.45, 2.75) is 0 Å². The topological polar surface area (TPSA) is 65.0 Å². The lowest BCUT2D eigenvalue weighted by molar-refractivity contribution is 0.669. The fourth-order valence-corrected chi connectivity index (χ4v) is 7.85. The number of fused-ring (bicyclic) bond motifs is 6. The maximum Gasteiger partial charge on any atom is 0.167 e. The highest BCUT2D eigenvalue weighted by Crippen LogP contribution is 2.40. The first kappa shape index (κ1) is 31.9. The Hall–Kier alpha value is -7.63. The summed E-state index contributed by atoms with van der Waals surface area (Å²) >= 11 is 0. The van der Waals surface area contributed by atoms with E-state index in [4.69, 9.17) is 23.8 Å². The number of para-hydroxylation sites is 2. The SMILES string of the molecule is c1ccc(-c2cccc(-c3ccc4oc5cccc(-c6cccc(-c7nc(-c8ccccc8)nc(-c8cccc9c8oc8ccccc89)n7)c6)c5c4c3)c2)cc1. The molecule has 5 heteroatoms. The highest BCUT2D eigenvalue weighted by Gasteiger charge is 2.19. The minimum Gasteiger partial charge on any atom is -0.456 e. The number of benzene rings is 8. The fraction of sp³-hybridized carbons (Fsp3) is 0. The van der Waals surface area contributed by atoms with Crippen molar-refractivity contribution in [1.82, 2.24) is 15.0 Å². The average Bonchev–Trinajstić information content (AvgIpc) is 3.85. The summed E-state index contributed by atoms with van der Waals surface area (Å²) in [7, 11) is 0. The molecular formula is C51H31N3O2. The molecule has 0 N–H and O–H groups in total. The maximum atomic E-state index is 6.46. The van der Waals surface area contributed by atoms with E-state index in [0.29, 0.717) is 17.5 Å². The third-order valence-corrected chi connectivity index (χ3v) is 10.5. The van der Waals surface area contributed by atoms with Crippen molar-refractivity contribution in [2.75, 3.05) is 0 Å². The highest BCUT2D eigenvalue weighted by atomic mass is 16.3. The Kier molecular flexibility index (Phi) is 7.42. The third kappa shape index (κ3) is 5.45. The van der Waals surface area contributed by atoms with Crippen LogP contribution in [0.25, 0.3) is 111 Å². The zero-order valence-corrected chi connectivity index (χ0v) is 30.1. The van der Waals surface area contributed by atoms with Crippen LogP contribution in [0, 0.1) is 0 Å². The van der Waals surface area contributed by atoms with Gasteiger partial charge in [-0.15, -0.1) is 0 Å². The molecule has 5 nitrogen and oxygen atoms in total. The molecule has 262 valence electrons. The summed E-state index contributed by atoms with van der Waals surface area (Å²) in [5.74, 6) is 1.72. The van der Waals surface area contributed by atoms with Gasteiger partial charge in [0, 0.05) is 32.7 Å². The van der Waals surface area contributed by atoms with Gasteiger partial charge < -0.3 is 8.83 Å². The Morgan fingerprint density at radius 3 is 1.66 bits per heavy atom. The quantitative estimate of drug-likeness (QED) is 0.171. The second kappa shape index (κ2) is 13.0. The second-order valence-electron chi connectivity index (χ2n) is 14.0. The van der Waals surface area contributed by atoms with Crippen LogP contribution >= 0.6 is 0 Å². The predicted octanol–water partition coefficient (Wildman–Crippen LogP) is 13.7. The molecule has 8 aromatic carbocycles. The van der Waals surface area contributed by atoms with E-state index in [2.05, 4.69) is 115 Å². The molecule has 0 spiro atoms. The van der Waals surface area contributed by atoms with E-state index >= 15 is 0 Å². The molecule has 3 aromatic heterocycles. The van der Waals surface area contributed by atoms with Crippen LogP contribution in [0.4, 0.5) is 0 Å². The predicted molar refractivity (Wildman–Crippen MR) is 227 cm³/mol. The summed E-state index contributed by atoms with van der Waals surface area (Å²) in [6.45, 7) is 0. The van der Waals surface area contributed by atoms with Crippen molar-refractivity contribution in [1.29, 1.82) is 0 Å². The molecule has 3 heterocycles. The van der Waals surface area contributed by atoms with Crippen LogP contribution < -0.4 is 0 Å². The van der Waals surface area contributed by atoms with Crippen LogP contribution in [0.5, 0.6) is 0 Å². The van der Waals surface area contributed by atoms with E-state index in [-0.39, 0.29) is 0 Å². The Balaban J connectivity index is 1.05. The summed E-state index contributed by atoms with van der Waals surface area (Å²) in [5, 5.41) is 4.22. The number of rotatable bonds is 6. The lowest BCUT2D eigenvalue weighted by Crippen LogP contribution is -2.00. The number of nitrogens with zero attached hydrogens (tertiary/aromatic N) is 3. The van der Waals surface area contributed by atoms with E-state index in [1.807, 2.05) is 72.8 Å². The number of hydrogen-bond donors (Lipinski definition) is 0. The second-order valence-corrected chi connectivity index (χ2v) is 14.0. The van der Waals surface area contributed by atoms with E-state index in [1.54, 1.807) is 0 Å². The van der Waals surface area contributed by atoms with Gasteiger partial charge in [-0.05, 0) is 75.8 Å². The normalized spacial score (nSPS) is 11.6. The van der Waals surface area contributed by atoms with Crippen molar-refractivity contribution in [2.24, 2.45) is 0 Å². The summed E-state index contributed by atoms with van der Waals surface area (Å²) in [6, 6.07) is 64.6. The molecule has 0 saturated carbocycles. The summed E-state index contributed by atoms with van der Waals surface area (Å²) in [4.78, 5) is 15.2. The van der Waals surface area contributed by atoms with Crippen LogP contribution in [0.1, 0.15) is 0 Å². The molecule has 0 bridgehead atoms. The van der Waals surface area contributed by atoms with Crippen LogP contribution in [0.3, 0.4) is 0 Å². The van der Waals surface area contributed by atoms with Crippen molar-refractivity contribution >= 4 is 43.9 Å². The first-order valence-corrected chi connectivity index (χ1v) is 18.7. The number of furan rings is 2.